The van der Waals surface area contributed by atoms with E-state index in [-0.39, 0.29) is 0 Å². The van der Waals surface area contributed by atoms with Crippen LogP contribution >= 0.6 is 0 Å². The lowest BCUT2D eigenvalue weighted by Gasteiger charge is -2.44. The maximum Gasteiger partial charge on any atom is 0.229 e. The Labute approximate surface area is 106 Å². The van der Waals surface area contributed by atoms with E-state index in [9.17, 15) is 9.59 Å². The van der Waals surface area contributed by atoms with E-state index in [1.165, 1.54) is 0 Å². The summed E-state index contributed by atoms with van der Waals surface area (Å²) in [5.74, 6) is -1.05. The van der Waals surface area contributed by atoms with Gasteiger partial charge in [0.1, 0.15) is 0 Å². The molecule has 2 atom stereocenters. The summed E-state index contributed by atoms with van der Waals surface area (Å²) in [5, 5.41) is 0. The number of hydrogen-bond acceptors (Lipinski definition) is 2. The van der Waals surface area contributed by atoms with Crippen molar-refractivity contribution in [3.8, 4) is 0 Å². The van der Waals surface area contributed by atoms with Gasteiger partial charge in [-0.15, -0.1) is 0 Å². The van der Waals surface area contributed by atoms with E-state index < -0.39 is 22.6 Å². The zero-order valence-electron chi connectivity index (χ0n) is 10.0. The molecule has 0 heterocycles. The lowest BCUT2D eigenvalue weighted by atomic mass is 9.57. The van der Waals surface area contributed by atoms with Crippen molar-refractivity contribution in [2.75, 3.05) is 0 Å². The van der Waals surface area contributed by atoms with Gasteiger partial charge in [0, 0.05) is 0 Å². The molecule has 2 amide bonds. The van der Waals surface area contributed by atoms with Crippen molar-refractivity contribution < 1.29 is 9.59 Å². The van der Waals surface area contributed by atoms with Gasteiger partial charge in [-0.25, -0.2) is 0 Å². The van der Waals surface area contributed by atoms with Crippen LogP contribution in [-0.4, -0.2) is 11.8 Å². The second-order valence-corrected chi connectivity index (χ2v) is 4.65. The minimum absolute atomic E-state index is 0.389. The summed E-state index contributed by atoms with van der Waals surface area (Å²) in [5.41, 5.74) is 8.98. The van der Waals surface area contributed by atoms with Gasteiger partial charge in [-0.2, -0.15) is 0 Å². The molecule has 0 aromatic carbocycles. The number of amides is 2. The van der Waals surface area contributed by atoms with Crippen molar-refractivity contribution in [1.82, 2.24) is 0 Å². The van der Waals surface area contributed by atoms with Crippen molar-refractivity contribution in [3.05, 3.63) is 48.6 Å². The minimum atomic E-state index is -1.07. The maximum absolute atomic E-state index is 12.0. The highest BCUT2D eigenvalue weighted by atomic mass is 16.2. The number of carbonyl (C=O) groups is 2. The first kappa shape index (κ1) is 12.4. The Morgan fingerprint density at radius 2 is 1.17 bits per heavy atom. The third kappa shape index (κ3) is 1.53. The minimum Gasteiger partial charge on any atom is -0.369 e. The molecule has 4 heteroatoms. The highest BCUT2D eigenvalue weighted by Crippen LogP contribution is 2.50. The summed E-state index contributed by atoms with van der Waals surface area (Å²) < 4.78 is 0. The van der Waals surface area contributed by atoms with E-state index in [2.05, 4.69) is 0 Å². The van der Waals surface area contributed by atoms with Gasteiger partial charge < -0.3 is 11.5 Å². The van der Waals surface area contributed by atoms with Crippen LogP contribution in [0.3, 0.4) is 0 Å². The Morgan fingerprint density at radius 1 is 0.778 bits per heavy atom. The first-order chi connectivity index (χ1) is 8.55. The number of primary amides is 2. The smallest absolute Gasteiger partial charge is 0.229 e. The summed E-state index contributed by atoms with van der Waals surface area (Å²) in [6.45, 7) is 0. The number of nitrogens with two attached hydrogens (primary N) is 2. The van der Waals surface area contributed by atoms with E-state index in [1.54, 1.807) is 24.3 Å². The molecule has 0 fully saturated rings. The normalized spacial score (nSPS) is 33.6. The topological polar surface area (TPSA) is 86.2 Å². The molecule has 2 rings (SSSR count). The van der Waals surface area contributed by atoms with Gasteiger partial charge in [0.15, 0.2) is 0 Å². The molecular weight excluding hydrogens is 228 g/mol. The Kier molecular flexibility index (Phi) is 2.95. The second kappa shape index (κ2) is 4.29. The van der Waals surface area contributed by atoms with E-state index in [0.29, 0.717) is 12.8 Å². The largest absolute Gasteiger partial charge is 0.369 e. The van der Waals surface area contributed by atoms with Crippen molar-refractivity contribution in [2.45, 2.75) is 12.8 Å². The average molecular weight is 244 g/mol. The van der Waals surface area contributed by atoms with Gasteiger partial charge >= 0.3 is 0 Å². The van der Waals surface area contributed by atoms with E-state index in [0.717, 1.165) is 0 Å². The molecule has 4 N–H and O–H groups in total. The summed E-state index contributed by atoms with van der Waals surface area (Å²) in [6, 6.07) is 0. The quantitative estimate of drug-likeness (QED) is 0.774. The Balaban J connectivity index is 2.59. The van der Waals surface area contributed by atoms with Gasteiger partial charge in [0.25, 0.3) is 0 Å². The van der Waals surface area contributed by atoms with Crippen LogP contribution in [0.5, 0.6) is 0 Å². The number of carbonyl (C=O) groups excluding carboxylic acids is 2. The predicted octanol–water partition coefficient (Wildman–Crippen LogP) is 0.962. The van der Waals surface area contributed by atoms with Crippen LogP contribution in [0.25, 0.3) is 0 Å². The van der Waals surface area contributed by atoms with Crippen LogP contribution in [0.15, 0.2) is 48.6 Å². The number of hydrogen-bond donors (Lipinski definition) is 2. The van der Waals surface area contributed by atoms with Crippen molar-refractivity contribution in [1.29, 1.82) is 0 Å². The molecule has 0 bridgehead atoms. The first-order valence-electron chi connectivity index (χ1n) is 5.84. The summed E-state index contributed by atoms with van der Waals surface area (Å²) in [4.78, 5) is 23.9. The summed E-state index contributed by atoms with van der Waals surface area (Å²) in [7, 11) is 0. The molecule has 0 saturated heterocycles. The molecule has 0 unspecified atom stereocenters. The molecule has 18 heavy (non-hydrogen) atoms. The van der Waals surface area contributed by atoms with Crippen molar-refractivity contribution in [3.63, 3.8) is 0 Å². The molecule has 2 aliphatic carbocycles. The Bertz CT molecular complexity index is 456. The van der Waals surface area contributed by atoms with E-state index >= 15 is 0 Å². The molecule has 2 aliphatic rings. The SMILES string of the molecule is NC(=O)[C@]1([C@@]2(C(N)=O)C=CC=CC2)C=CC=CC1. The molecule has 94 valence electrons. The van der Waals surface area contributed by atoms with Gasteiger partial charge in [0.05, 0.1) is 10.8 Å². The van der Waals surface area contributed by atoms with E-state index in [1.807, 2.05) is 24.3 Å². The van der Waals surface area contributed by atoms with Gasteiger partial charge in [-0.05, 0) is 12.8 Å². The van der Waals surface area contributed by atoms with Gasteiger partial charge in [-0.3, -0.25) is 9.59 Å². The molecule has 4 nitrogen and oxygen atoms in total. The maximum atomic E-state index is 12.0. The summed E-state index contributed by atoms with van der Waals surface area (Å²) in [6.07, 6.45) is 15.0. The molecule has 0 aromatic heterocycles. The second-order valence-electron chi connectivity index (χ2n) is 4.65. The molecule has 0 aliphatic heterocycles. The number of rotatable bonds is 3. The Morgan fingerprint density at radius 3 is 1.39 bits per heavy atom. The summed E-state index contributed by atoms with van der Waals surface area (Å²) >= 11 is 0. The fourth-order valence-corrected chi connectivity index (χ4v) is 2.71. The molecular formula is C14H16N2O2. The number of allylic oxidation sites excluding steroid dienone is 6. The monoisotopic (exact) mass is 244 g/mol. The van der Waals surface area contributed by atoms with E-state index in [4.69, 9.17) is 11.5 Å². The highest BCUT2D eigenvalue weighted by molar-refractivity contribution is 5.95. The molecule has 0 saturated carbocycles. The van der Waals surface area contributed by atoms with Gasteiger partial charge in [0.2, 0.25) is 11.8 Å². The Hall–Kier alpha value is -2.10. The predicted molar refractivity (Wildman–Crippen MR) is 69.0 cm³/mol. The lowest BCUT2D eigenvalue weighted by molar-refractivity contribution is -0.141. The molecule has 0 radical (unpaired) electrons. The van der Waals surface area contributed by atoms with Crippen LogP contribution in [0.4, 0.5) is 0 Å². The molecule has 0 aromatic rings. The van der Waals surface area contributed by atoms with Crippen LogP contribution in [0.1, 0.15) is 12.8 Å². The van der Waals surface area contributed by atoms with Crippen LogP contribution in [-0.2, 0) is 9.59 Å². The first-order valence-corrected chi connectivity index (χ1v) is 5.84. The fourth-order valence-electron chi connectivity index (χ4n) is 2.71. The third-order valence-corrected chi connectivity index (χ3v) is 3.81. The van der Waals surface area contributed by atoms with Gasteiger partial charge in [-0.1, -0.05) is 48.6 Å². The van der Waals surface area contributed by atoms with Crippen molar-refractivity contribution in [2.24, 2.45) is 22.3 Å². The average Bonchev–Trinajstić information content (AvgIpc) is 2.40. The van der Waals surface area contributed by atoms with Crippen molar-refractivity contribution >= 4 is 11.8 Å². The van der Waals surface area contributed by atoms with Crippen LogP contribution in [0, 0.1) is 10.8 Å². The fraction of sp³-hybridized carbons (Fsp3) is 0.286. The van der Waals surface area contributed by atoms with Crippen LogP contribution < -0.4 is 11.5 Å². The molecule has 0 spiro atoms. The third-order valence-electron chi connectivity index (χ3n) is 3.81. The highest BCUT2D eigenvalue weighted by Gasteiger charge is 2.55. The zero-order valence-corrected chi connectivity index (χ0v) is 10.0. The standard InChI is InChI=1S/C14H16N2O2/c15-11(17)13(7-3-1-4-8-13)14(12(16)18)9-5-2-6-10-14/h1-7,9H,8,10H2,(H2,15,17)(H2,16,18)/t13-,14-/m0/s1. The van der Waals surface area contributed by atoms with Crippen LogP contribution in [0.2, 0.25) is 0 Å². The lowest BCUT2D eigenvalue weighted by Crippen LogP contribution is -2.55. The zero-order chi connectivity index (χ0) is 13.2.